The number of primary amides is 2. The Labute approximate surface area is 751 Å². The third-order valence-electron chi connectivity index (χ3n) is 21.9. The van der Waals surface area contributed by atoms with E-state index in [1.165, 1.54) is 100 Å². The van der Waals surface area contributed by atoms with Gasteiger partial charge in [0.05, 0.1) is 6.10 Å². The zero-order valence-corrected chi connectivity index (χ0v) is 76.3. The Morgan fingerprint density at radius 2 is 0.992 bits per heavy atom. The van der Waals surface area contributed by atoms with Crippen molar-refractivity contribution in [3.63, 3.8) is 0 Å². The first kappa shape index (κ1) is 107. The number of carbonyl (C=O) groups excluding carboxylic acids is 18. The van der Waals surface area contributed by atoms with Gasteiger partial charge in [0.1, 0.15) is 101 Å². The zero-order chi connectivity index (χ0) is 96.3. The standard InChI is InChI=1S/C90H133N19O20/c1-48(2)42-66(101-58(13)111)83(124)107-72(57(12)110)86(127)106-69(44-59-30-24-23-25-31-59)85(126)109-90(15)41-29-22-20-18-16-17-19-21-28-40-89(14,87(128)99-55(10)77(118)97-53(8)76(117)96-52(7)75(116)95-51(6)74(115)94-50(5)73(92)114)108-84(125)67(43-49(3)4)104-80(121)65(38-39-71(91)113)102-78(119)54(9)98-81(122)70(46-61-47-93-64-33-27-26-32-63(61)64)105-82(123)68(45-60-34-36-62(112)37-35-60)103-79(120)56(11)100-88(90)129/h17,19,23-27,30-37,47-57,65-70,72,93,110,112H,16,18,20-22,28-29,38-46H2,1-15H3,(H2,91,113)(H2,92,114)(H,94,115)(H,95,116)(H,96,117)(H,97,118)(H,98,122)(H,99,128)(H,100,129)(H,101,111)(H,102,119)(H,103,120)(H,104,121)(H,105,123)(H,106,127)(H,107,124)(H,108,125)(H,109,126)/b19-17+/t50-,51+,52+,53+,54+,55+,56+,57-,65+,66+,67+,68+,69+,70+,72+,89+,90-/m1/s1. The van der Waals surface area contributed by atoms with Crippen LogP contribution >= 0.6 is 0 Å². The second-order valence-corrected chi connectivity index (χ2v) is 34.6. The molecule has 39 heteroatoms. The van der Waals surface area contributed by atoms with Gasteiger partial charge < -0.3 is 112 Å². The largest absolute Gasteiger partial charge is 0.508 e. The van der Waals surface area contributed by atoms with Gasteiger partial charge in [-0.25, -0.2) is 0 Å². The normalized spacial score (nSPS) is 22.4. The number of carbonyl (C=O) groups is 18. The smallest absolute Gasteiger partial charge is 0.246 e. The van der Waals surface area contributed by atoms with Gasteiger partial charge in [0.25, 0.3) is 0 Å². The molecule has 1 aliphatic heterocycles. The number of nitrogens with one attached hydrogen (secondary N) is 17. The summed E-state index contributed by atoms with van der Waals surface area (Å²) >= 11 is 0. The predicted octanol–water partition coefficient (Wildman–Crippen LogP) is -0.0979. The summed E-state index contributed by atoms with van der Waals surface area (Å²) in [4.78, 5) is 255. The number of hydrogen-bond donors (Lipinski definition) is 21. The molecule has 0 aliphatic carbocycles. The van der Waals surface area contributed by atoms with Gasteiger partial charge in [0.2, 0.25) is 106 Å². The Balaban J connectivity index is 1.56. The van der Waals surface area contributed by atoms with Crippen molar-refractivity contribution in [2.24, 2.45) is 23.3 Å². The molecule has 4 aromatic rings. The number of H-pyrrole nitrogens is 1. The van der Waals surface area contributed by atoms with Crippen LogP contribution in [0.5, 0.6) is 5.75 Å². The number of allylic oxidation sites excluding steroid dienone is 2. The molecule has 129 heavy (non-hydrogen) atoms. The number of fused-ring (bicyclic) bond motifs is 1. The number of benzene rings is 3. The Morgan fingerprint density at radius 3 is 1.56 bits per heavy atom. The molecule has 0 saturated carbocycles. The summed E-state index contributed by atoms with van der Waals surface area (Å²) in [5, 5.41) is 63.8. The molecule has 17 atom stereocenters. The van der Waals surface area contributed by atoms with Crippen molar-refractivity contribution in [1.82, 2.24) is 90.1 Å². The first-order valence-corrected chi connectivity index (χ1v) is 43.8. The minimum absolute atomic E-state index is 0.0746. The maximum Gasteiger partial charge on any atom is 0.246 e. The third kappa shape index (κ3) is 35.4. The molecule has 3 aromatic carbocycles. The van der Waals surface area contributed by atoms with Crippen LogP contribution in [-0.4, -0.2) is 223 Å². The molecule has 1 aliphatic rings. The van der Waals surface area contributed by atoms with Gasteiger partial charge >= 0.3 is 0 Å². The highest BCUT2D eigenvalue weighted by atomic mass is 16.3. The highest BCUT2D eigenvalue weighted by molar-refractivity contribution is 6.02. The maximum atomic E-state index is 15.3. The van der Waals surface area contributed by atoms with Crippen LogP contribution in [0.4, 0.5) is 0 Å². The quantitative estimate of drug-likeness (QED) is 0.0284. The lowest BCUT2D eigenvalue weighted by Gasteiger charge is -2.33. The van der Waals surface area contributed by atoms with Gasteiger partial charge in [-0.1, -0.05) is 120 Å². The van der Waals surface area contributed by atoms with E-state index in [-0.39, 0.29) is 75.4 Å². The van der Waals surface area contributed by atoms with Gasteiger partial charge in [0.15, 0.2) is 0 Å². The molecular weight excluding hydrogens is 1670 g/mol. The van der Waals surface area contributed by atoms with E-state index in [2.05, 4.69) is 90.1 Å². The van der Waals surface area contributed by atoms with Crippen molar-refractivity contribution in [2.75, 3.05) is 0 Å². The van der Waals surface area contributed by atoms with E-state index in [1.807, 2.05) is 26.0 Å². The lowest BCUT2D eigenvalue weighted by molar-refractivity contribution is -0.138. The van der Waals surface area contributed by atoms with Gasteiger partial charge in [-0.2, -0.15) is 0 Å². The van der Waals surface area contributed by atoms with Crippen molar-refractivity contribution in [1.29, 1.82) is 0 Å². The molecule has 0 spiro atoms. The summed E-state index contributed by atoms with van der Waals surface area (Å²) in [5.41, 5.74) is 9.13. The Hall–Kier alpha value is -12.8. The van der Waals surface area contributed by atoms with Crippen LogP contribution in [0.15, 0.2) is 97.2 Å². The molecule has 39 nitrogen and oxygen atoms in total. The summed E-state index contributed by atoms with van der Waals surface area (Å²) in [6.45, 7) is 21.6. The fourth-order valence-corrected chi connectivity index (χ4v) is 14.1. The van der Waals surface area contributed by atoms with E-state index in [9.17, 15) is 77.3 Å². The first-order valence-electron chi connectivity index (χ1n) is 43.8. The molecule has 1 aromatic heterocycles. The number of amides is 18. The van der Waals surface area contributed by atoms with Gasteiger partial charge in [-0.05, 0) is 174 Å². The second kappa shape index (κ2) is 51.2. The number of hydrogen-bond acceptors (Lipinski definition) is 20. The molecule has 5 rings (SSSR count). The van der Waals surface area contributed by atoms with Crippen molar-refractivity contribution in [2.45, 2.75) is 308 Å². The van der Waals surface area contributed by atoms with Gasteiger partial charge in [0, 0.05) is 49.7 Å². The van der Waals surface area contributed by atoms with E-state index in [4.69, 9.17) is 11.5 Å². The number of aliphatic hydroxyl groups excluding tert-OH is 1. The fraction of sp³-hybridized carbons (Fsp3) is 0.556. The van der Waals surface area contributed by atoms with Crippen LogP contribution in [0.1, 0.15) is 204 Å². The lowest BCUT2D eigenvalue weighted by atomic mass is 9.91. The molecule has 0 saturated heterocycles. The molecule has 2 heterocycles. The summed E-state index contributed by atoms with van der Waals surface area (Å²) < 4.78 is 0. The number of aromatic amines is 1. The molecule has 23 N–H and O–H groups in total. The van der Waals surface area contributed by atoms with E-state index >= 15 is 19.2 Å². The van der Waals surface area contributed by atoms with E-state index in [1.54, 1.807) is 74.6 Å². The summed E-state index contributed by atoms with van der Waals surface area (Å²) in [7, 11) is 0. The molecule has 0 radical (unpaired) electrons. The van der Waals surface area contributed by atoms with Crippen molar-refractivity contribution in [3.8, 4) is 5.75 Å². The predicted molar refractivity (Wildman–Crippen MR) is 478 cm³/mol. The van der Waals surface area contributed by atoms with Crippen LogP contribution in [0, 0.1) is 11.8 Å². The summed E-state index contributed by atoms with van der Waals surface area (Å²) in [6.07, 6.45) is 4.98. The van der Waals surface area contributed by atoms with Crippen molar-refractivity contribution >= 4 is 117 Å². The van der Waals surface area contributed by atoms with E-state index in [0.29, 0.717) is 59.7 Å². The summed E-state index contributed by atoms with van der Waals surface area (Å²) in [5.74, 6) is -16.3. The number of para-hydroxylation sites is 1. The molecule has 0 unspecified atom stereocenters. The van der Waals surface area contributed by atoms with E-state index in [0.717, 1.165) is 0 Å². The minimum atomic E-state index is -1.91. The first-order chi connectivity index (χ1) is 60.6. The number of aromatic hydroxyl groups is 1. The average molecular weight is 1800 g/mol. The Kier molecular flexibility index (Phi) is 42.4. The van der Waals surface area contributed by atoms with Gasteiger partial charge in [-0.15, -0.1) is 0 Å². The third-order valence-corrected chi connectivity index (χ3v) is 21.9. The average Bonchev–Trinajstić information content (AvgIpc) is 1.75. The van der Waals surface area contributed by atoms with Crippen LogP contribution < -0.4 is 96.5 Å². The molecule has 708 valence electrons. The lowest BCUT2D eigenvalue weighted by Crippen LogP contribution is -2.64. The van der Waals surface area contributed by atoms with Crippen LogP contribution in [0.3, 0.4) is 0 Å². The second-order valence-electron chi connectivity index (χ2n) is 34.6. The van der Waals surface area contributed by atoms with Crippen LogP contribution in [0.25, 0.3) is 10.9 Å². The number of rotatable bonds is 32. The number of aliphatic hydroxyl groups is 1. The Bertz CT molecular complexity index is 4620. The Morgan fingerprint density at radius 1 is 0.481 bits per heavy atom. The van der Waals surface area contributed by atoms with Crippen LogP contribution in [-0.2, 0) is 106 Å². The molecule has 0 fully saturated rings. The van der Waals surface area contributed by atoms with E-state index < -0.39 is 221 Å². The molecular formula is C90H133N19O20. The monoisotopic (exact) mass is 1800 g/mol. The number of aromatic nitrogens is 1. The SMILES string of the molecule is CC(=O)N[C@@H](CC(C)C)C(=O)N[C@H](C(=O)N[C@@H](Cc1ccccc1)C(=O)N[C@]1(C)CCCCCC/C=C/CCC[C@@](C)(C(=O)N[C@@H](C)C(=O)N[C@@H](C)C(=O)N[C@@H](C)C(=O)N[C@@H](C)C(=O)N[C@H](C)C(N)=O)NC(=O)[C@H](CC(C)C)NC(=O)[C@H](CCC(N)=O)NC(=O)[C@H](C)NC(=O)[C@H](Cc2c[nH]c3ccccc23)NC(=O)[C@H](Cc2ccc(O)cc2)NC(=O)[C@H](C)NC1=O)[C@@H](C)O. The highest BCUT2D eigenvalue weighted by Crippen LogP contribution is 2.24. The van der Waals surface area contributed by atoms with Crippen molar-refractivity contribution < 1.29 is 96.5 Å². The topological polar surface area (TPSA) is 608 Å². The van der Waals surface area contributed by atoms with Gasteiger partial charge in [-0.3, -0.25) is 86.3 Å². The fourth-order valence-electron chi connectivity index (χ4n) is 14.1. The molecule has 18 amide bonds. The van der Waals surface area contributed by atoms with Crippen molar-refractivity contribution in [3.05, 3.63) is 114 Å². The minimum Gasteiger partial charge on any atom is -0.508 e. The maximum absolute atomic E-state index is 15.3. The number of phenolic OH excluding ortho intramolecular Hbond substituents is 1. The number of nitrogens with two attached hydrogens (primary N) is 2. The van der Waals surface area contributed by atoms with Crippen LogP contribution in [0.2, 0.25) is 0 Å². The number of phenols is 1. The summed E-state index contributed by atoms with van der Waals surface area (Å²) in [6, 6.07) is 1.39. The highest BCUT2D eigenvalue weighted by Gasteiger charge is 2.43. The zero-order valence-electron chi connectivity index (χ0n) is 76.3. The molecule has 0 bridgehead atoms.